The molecule has 27 heavy (non-hydrogen) atoms. The highest BCUT2D eigenvalue weighted by molar-refractivity contribution is 5.84. The first-order chi connectivity index (χ1) is 13.1. The predicted octanol–water partition coefficient (Wildman–Crippen LogP) is 3.37. The largest absolute Gasteiger partial charge is 0.338 e. The molecule has 1 amide bonds. The SMILES string of the molecule is O=C1N(Cc2cccnc2)CCC[C@]12CCN(Cc1cccc(F)c1F)C2. The summed E-state index contributed by atoms with van der Waals surface area (Å²) >= 11 is 0. The van der Waals surface area contributed by atoms with Gasteiger partial charge in [-0.15, -0.1) is 0 Å². The van der Waals surface area contributed by atoms with Gasteiger partial charge in [-0.2, -0.15) is 0 Å². The molecular weight excluding hydrogens is 348 g/mol. The van der Waals surface area contributed by atoms with E-state index < -0.39 is 17.0 Å². The molecule has 0 radical (unpaired) electrons. The normalized spacial score (nSPS) is 23.3. The minimum absolute atomic E-state index is 0.180. The van der Waals surface area contributed by atoms with Gasteiger partial charge in [0.1, 0.15) is 0 Å². The van der Waals surface area contributed by atoms with E-state index in [0.717, 1.165) is 44.0 Å². The van der Waals surface area contributed by atoms with Gasteiger partial charge >= 0.3 is 0 Å². The lowest BCUT2D eigenvalue weighted by Gasteiger charge is -2.39. The summed E-state index contributed by atoms with van der Waals surface area (Å²) < 4.78 is 27.4. The second-order valence-corrected chi connectivity index (χ2v) is 7.65. The summed E-state index contributed by atoms with van der Waals surface area (Å²) in [5, 5.41) is 0. The van der Waals surface area contributed by atoms with Crippen molar-refractivity contribution in [1.82, 2.24) is 14.8 Å². The molecule has 0 aliphatic carbocycles. The summed E-state index contributed by atoms with van der Waals surface area (Å²) in [4.78, 5) is 21.3. The maximum atomic E-state index is 14.0. The van der Waals surface area contributed by atoms with Crippen LogP contribution in [-0.2, 0) is 17.9 Å². The topological polar surface area (TPSA) is 36.4 Å². The molecule has 1 spiro atoms. The minimum Gasteiger partial charge on any atom is -0.338 e. The Kier molecular flexibility index (Phi) is 4.91. The molecule has 0 N–H and O–H groups in total. The molecule has 142 valence electrons. The van der Waals surface area contributed by atoms with Crippen molar-refractivity contribution in [3.63, 3.8) is 0 Å². The maximum Gasteiger partial charge on any atom is 0.230 e. The summed E-state index contributed by atoms with van der Waals surface area (Å²) in [6.07, 6.45) is 6.11. The van der Waals surface area contributed by atoms with Gasteiger partial charge in [0.25, 0.3) is 0 Å². The van der Waals surface area contributed by atoms with Crippen molar-refractivity contribution in [3.8, 4) is 0 Å². The third kappa shape index (κ3) is 3.58. The first-order valence-electron chi connectivity index (χ1n) is 9.41. The van der Waals surface area contributed by atoms with Crippen LogP contribution >= 0.6 is 0 Å². The van der Waals surface area contributed by atoms with Crippen LogP contribution in [0.1, 0.15) is 30.4 Å². The van der Waals surface area contributed by atoms with Crippen molar-refractivity contribution in [3.05, 3.63) is 65.5 Å². The summed E-state index contributed by atoms with van der Waals surface area (Å²) in [5.41, 5.74) is 0.978. The van der Waals surface area contributed by atoms with Gasteiger partial charge in [0.05, 0.1) is 5.41 Å². The minimum atomic E-state index is -0.821. The van der Waals surface area contributed by atoms with Gasteiger partial charge in [-0.3, -0.25) is 14.7 Å². The molecule has 3 heterocycles. The van der Waals surface area contributed by atoms with Crippen molar-refractivity contribution >= 4 is 5.91 Å². The van der Waals surface area contributed by atoms with E-state index in [-0.39, 0.29) is 5.91 Å². The van der Waals surface area contributed by atoms with Crippen LogP contribution in [0.15, 0.2) is 42.7 Å². The van der Waals surface area contributed by atoms with Crippen molar-refractivity contribution < 1.29 is 13.6 Å². The lowest BCUT2D eigenvalue weighted by atomic mass is 9.78. The molecule has 0 saturated carbocycles. The van der Waals surface area contributed by atoms with Gasteiger partial charge in [0, 0.05) is 44.1 Å². The number of aromatic nitrogens is 1. The van der Waals surface area contributed by atoms with Gasteiger partial charge in [0.15, 0.2) is 11.6 Å². The number of amides is 1. The lowest BCUT2D eigenvalue weighted by Crippen LogP contribution is -2.49. The zero-order valence-electron chi connectivity index (χ0n) is 15.2. The quantitative estimate of drug-likeness (QED) is 0.827. The molecule has 2 aromatic rings. The van der Waals surface area contributed by atoms with Crippen LogP contribution in [-0.4, -0.2) is 40.3 Å². The lowest BCUT2D eigenvalue weighted by molar-refractivity contribution is -0.146. The Bertz CT molecular complexity index is 829. The van der Waals surface area contributed by atoms with Crippen molar-refractivity contribution in [2.75, 3.05) is 19.6 Å². The molecule has 4 rings (SSSR count). The Labute approximate surface area is 157 Å². The Morgan fingerprint density at radius 1 is 1.07 bits per heavy atom. The molecule has 2 saturated heterocycles. The number of piperidine rings is 1. The predicted molar refractivity (Wildman–Crippen MR) is 97.6 cm³/mol. The van der Waals surface area contributed by atoms with Crippen LogP contribution in [0.5, 0.6) is 0 Å². The number of nitrogens with zero attached hydrogens (tertiary/aromatic N) is 3. The Hall–Kier alpha value is -2.34. The van der Waals surface area contributed by atoms with Crippen LogP contribution in [0.3, 0.4) is 0 Å². The molecule has 2 aliphatic rings. The first kappa shape index (κ1) is 18.0. The van der Waals surface area contributed by atoms with Crippen molar-refractivity contribution in [2.45, 2.75) is 32.4 Å². The highest BCUT2D eigenvalue weighted by atomic mass is 19.2. The number of hydrogen-bond acceptors (Lipinski definition) is 3. The molecule has 2 fully saturated rings. The molecule has 1 atom stereocenters. The summed E-state index contributed by atoms with van der Waals surface area (Å²) in [6, 6.07) is 8.13. The second kappa shape index (κ2) is 7.35. The number of pyridine rings is 1. The van der Waals surface area contributed by atoms with E-state index in [0.29, 0.717) is 25.2 Å². The highest BCUT2D eigenvalue weighted by Gasteiger charge is 2.48. The van der Waals surface area contributed by atoms with Crippen molar-refractivity contribution in [2.24, 2.45) is 5.41 Å². The summed E-state index contributed by atoms with van der Waals surface area (Å²) in [5.74, 6) is -1.43. The third-order valence-corrected chi connectivity index (χ3v) is 5.78. The second-order valence-electron chi connectivity index (χ2n) is 7.65. The molecule has 1 aromatic carbocycles. The number of likely N-dealkylation sites (tertiary alicyclic amines) is 2. The summed E-state index contributed by atoms with van der Waals surface area (Å²) in [7, 11) is 0. The number of hydrogen-bond donors (Lipinski definition) is 0. The fourth-order valence-electron chi connectivity index (χ4n) is 4.40. The van der Waals surface area contributed by atoms with Crippen LogP contribution in [0, 0.1) is 17.0 Å². The zero-order valence-corrected chi connectivity index (χ0v) is 15.2. The molecule has 4 nitrogen and oxygen atoms in total. The fourth-order valence-corrected chi connectivity index (χ4v) is 4.40. The molecule has 0 unspecified atom stereocenters. The summed E-state index contributed by atoms with van der Waals surface area (Å²) in [6.45, 7) is 3.00. The van der Waals surface area contributed by atoms with Crippen LogP contribution < -0.4 is 0 Å². The highest BCUT2D eigenvalue weighted by Crippen LogP contribution is 2.41. The van der Waals surface area contributed by atoms with Gasteiger partial charge < -0.3 is 4.90 Å². The van der Waals surface area contributed by atoms with E-state index >= 15 is 0 Å². The maximum absolute atomic E-state index is 14.0. The number of carbonyl (C=O) groups excluding carboxylic acids is 1. The molecule has 1 aromatic heterocycles. The van der Waals surface area contributed by atoms with E-state index in [2.05, 4.69) is 9.88 Å². The van der Waals surface area contributed by atoms with E-state index in [4.69, 9.17) is 0 Å². The number of carbonyl (C=O) groups is 1. The molecule has 2 aliphatic heterocycles. The van der Waals surface area contributed by atoms with Crippen LogP contribution in [0.2, 0.25) is 0 Å². The Morgan fingerprint density at radius 3 is 2.78 bits per heavy atom. The standard InChI is InChI=1S/C21H23F2N3O/c22-18-6-1-5-17(19(18)23)14-25-11-8-21(15-25)7-3-10-26(20(21)27)13-16-4-2-9-24-12-16/h1-2,4-6,9,12H,3,7-8,10-11,13-15H2/t21-/m1/s1. The van der Waals surface area contributed by atoms with Gasteiger partial charge in [-0.1, -0.05) is 18.2 Å². The van der Waals surface area contributed by atoms with Gasteiger partial charge in [-0.05, 0) is 43.5 Å². The van der Waals surface area contributed by atoms with Gasteiger partial charge in [0.2, 0.25) is 5.91 Å². The molecular formula is C21H23F2N3O. The van der Waals surface area contributed by atoms with E-state index in [9.17, 15) is 13.6 Å². The van der Waals surface area contributed by atoms with E-state index in [1.165, 1.54) is 6.07 Å². The zero-order chi connectivity index (χ0) is 18.9. The number of rotatable bonds is 4. The van der Waals surface area contributed by atoms with E-state index in [1.807, 2.05) is 17.0 Å². The van der Waals surface area contributed by atoms with Crippen LogP contribution in [0.4, 0.5) is 8.78 Å². The smallest absolute Gasteiger partial charge is 0.230 e. The number of halogens is 2. The van der Waals surface area contributed by atoms with Crippen LogP contribution in [0.25, 0.3) is 0 Å². The average molecular weight is 371 g/mol. The fraction of sp³-hybridized carbons (Fsp3) is 0.429. The molecule has 6 heteroatoms. The Balaban J connectivity index is 1.45. The first-order valence-corrected chi connectivity index (χ1v) is 9.41. The number of benzene rings is 1. The Morgan fingerprint density at radius 2 is 1.96 bits per heavy atom. The molecule has 0 bridgehead atoms. The third-order valence-electron chi connectivity index (χ3n) is 5.78. The average Bonchev–Trinajstić information content (AvgIpc) is 3.07. The van der Waals surface area contributed by atoms with Crippen molar-refractivity contribution in [1.29, 1.82) is 0 Å². The van der Waals surface area contributed by atoms with Gasteiger partial charge in [-0.25, -0.2) is 8.78 Å². The monoisotopic (exact) mass is 371 g/mol. The van der Waals surface area contributed by atoms with E-state index in [1.54, 1.807) is 18.5 Å².